The van der Waals surface area contributed by atoms with Gasteiger partial charge in [-0.2, -0.15) is 17.9 Å². The lowest BCUT2D eigenvalue weighted by molar-refractivity contribution is -0.198. The van der Waals surface area contributed by atoms with E-state index in [4.69, 9.17) is 11.6 Å². The molecule has 0 aliphatic carbocycles. The summed E-state index contributed by atoms with van der Waals surface area (Å²) in [5.74, 6) is -1.76. The van der Waals surface area contributed by atoms with Crippen LogP contribution >= 0.6 is 11.6 Å². The first-order valence-electron chi connectivity index (χ1n) is 8.50. The minimum atomic E-state index is -5.44. The van der Waals surface area contributed by atoms with Gasteiger partial charge in [-0.3, -0.25) is 9.69 Å². The van der Waals surface area contributed by atoms with Crippen molar-refractivity contribution in [2.75, 3.05) is 6.54 Å². The molecular weight excluding hydrogens is 447 g/mol. The highest BCUT2D eigenvalue weighted by atomic mass is 35.5. The second kappa shape index (κ2) is 7.89. The summed E-state index contributed by atoms with van der Waals surface area (Å²) in [6.07, 6.45) is -5.35. The molecule has 2 N–H and O–H groups in total. The first-order valence-corrected chi connectivity index (χ1v) is 10.4. The molecule has 160 valence electrons. The van der Waals surface area contributed by atoms with Gasteiger partial charge in [-0.15, -0.1) is 0 Å². The van der Waals surface area contributed by atoms with Gasteiger partial charge in [0, 0.05) is 11.6 Å². The molecule has 0 bridgehead atoms. The maximum Gasteiger partial charge on any atom is 0.435 e. The van der Waals surface area contributed by atoms with Gasteiger partial charge >= 0.3 is 12.2 Å². The van der Waals surface area contributed by atoms with Crippen LogP contribution in [0.15, 0.2) is 59.5 Å². The van der Waals surface area contributed by atoms with E-state index in [1.54, 1.807) is 30.3 Å². The molecule has 2 aromatic carbocycles. The van der Waals surface area contributed by atoms with Gasteiger partial charge < -0.3 is 5.32 Å². The van der Waals surface area contributed by atoms with E-state index >= 15 is 0 Å². The summed E-state index contributed by atoms with van der Waals surface area (Å²) in [5, 5.41) is 1.64. The molecule has 1 heterocycles. The van der Waals surface area contributed by atoms with Gasteiger partial charge in [0.05, 0.1) is 4.90 Å². The molecule has 1 saturated heterocycles. The maximum absolute atomic E-state index is 13.9. The number of amides is 3. The predicted octanol–water partition coefficient (Wildman–Crippen LogP) is 2.67. The summed E-state index contributed by atoms with van der Waals surface area (Å²) in [6.45, 7) is -0.366. The van der Waals surface area contributed by atoms with Crippen LogP contribution < -0.4 is 10.0 Å². The number of carbonyl (C=O) groups excluding carboxylic acids is 2. The Labute approximate surface area is 174 Å². The third-order valence-corrected chi connectivity index (χ3v) is 6.13. The average Bonchev–Trinajstić information content (AvgIpc) is 2.91. The van der Waals surface area contributed by atoms with E-state index < -0.39 is 38.7 Å². The normalized spacial score (nSPS) is 19.8. The van der Waals surface area contributed by atoms with Crippen molar-refractivity contribution in [3.63, 3.8) is 0 Å². The van der Waals surface area contributed by atoms with Crippen molar-refractivity contribution in [1.82, 2.24) is 14.9 Å². The third-order valence-electron chi connectivity index (χ3n) is 4.41. The Hall–Kier alpha value is -2.63. The van der Waals surface area contributed by atoms with E-state index in [0.717, 1.165) is 24.3 Å². The Morgan fingerprint density at radius 2 is 1.63 bits per heavy atom. The Balaban J connectivity index is 1.91. The van der Waals surface area contributed by atoms with E-state index in [-0.39, 0.29) is 18.0 Å². The quantitative estimate of drug-likeness (QED) is 0.646. The lowest BCUT2D eigenvalue weighted by Crippen LogP contribution is -2.69. The highest BCUT2D eigenvalue weighted by Gasteiger charge is 2.69. The molecule has 0 saturated carbocycles. The number of alkyl halides is 3. The van der Waals surface area contributed by atoms with Gasteiger partial charge in [-0.1, -0.05) is 41.9 Å². The van der Waals surface area contributed by atoms with Crippen molar-refractivity contribution in [3.8, 4) is 0 Å². The van der Waals surface area contributed by atoms with Crippen LogP contribution in [0.25, 0.3) is 0 Å². The molecular formula is C18H15ClF3N3O4S. The largest absolute Gasteiger partial charge is 0.435 e. The molecule has 0 aromatic heterocycles. The minimum Gasteiger partial charge on any atom is -0.303 e. The molecule has 2 aromatic rings. The molecule has 0 unspecified atom stereocenters. The van der Waals surface area contributed by atoms with Crippen LogP contribution in [-0.4, -0.2) is 43.6 Å². The number of halogens is 4. The van der Waals surface area contributed by atoms with Crippen molar-refractivity contribution in [1.29, 1.82) is 0 Å². The summed E-state index contributed by atoms with van der Waals surface area (Å²) in [7, 11) is -4.84. The first-order chi connectivity index (χ1) is 14.0. The number of nitrogens with one attached hydrogen (secondary N) is 2. The van der Waals surface area contributed by atoms with Crippen LogP contribution in [-0.2, 0) is 21.2 Å². The highest BCUT2D eigenvalue weighted by molar-refractivity contribution is 7.89. The molecule has 0 radical (unpaired) electrons. The van der Waals surface area contributed by atoms with Crippen LogP contribution in [0.4, 0.5) is 18.0 Å². The minimum absolute atomic E-state index is 0.0951. The summed E-state index contributed by atoms with van der Waals surface area (Å²) in [4.78, 5) is 24.6. The first kappa shape index (κ1) is 22.1. The van der Waals surface area contributed by atoms with Crippen LogP contribution in [0.1, 0.15) is 5.56 Å². The van der Waals surface area contributed by atoms with Crippen LogP contribution in [0, 0.1) is 0 Å². The molecule has 1 fully saturated rings. The van der Waals surface area contributed by atoms with Gasteiger partial charge in [0.2, 0.25) is 10.0 Å². The fourth-order valence-electron chi connectivity index (χ4n) is 2.86. The van der Waals surface area contributed by atoms with E-state index in [1.165, 1.54) is 10.0 Å². The fraction of sp³-hybridized carbons (Fsp3) is 0.222. The number of nitrogens with zero attached hydrogens (tertiary/aromatic N) is 1. The number of rotatable bonds is 6. The van der Waals surface area contributed by atoms with Crippen molar-refractivity contribution >= 4 is 33.6 Å². The van der Waals surface area contributed by atoms with E-state index in [2.05, 4.69) is 0 Å². The number of sulfonamides is 1. The Kier molecular flexibility index (Phi) is 5.81. The van der Waals surface area contributed by atoms with Crippen molar-refractivity contribution in [2.24, 2.45) is 0 Å². The van der Waals surface area contributed by atoms with Crippen LogP contribution in [0.2, 0.25) is 5.02 Å². The van der Waals surface area contributed by atoms with Crippen molar-refractivity contribution < 1.29 is 31.2 Å². The SMILES string of the molecule is O=C1N[C@](NS(=O)(=O)c2ccc(Cl)cc2)(C(F)(F)F)C(=O)N1CCc1ccccc1. The third kappa shape index (κ3) is 4.13. The summed E-state index contributed by atoms with van der Waals surface area (Å²) < 4.78 is 68.0. The predicted molar refractivity (Wildman–Crippen MR) is 101 cm³/mol. The van der Waals surface area contributed by atoms with E-state index in [9.17, 15) is 31.2 Å². The number of carbonyl (C=O) groups is 2. The molecule has 3 amide bonds. The Bertz CT molecular complexity index is 1060. The van der Waals surface area contributed by atoms with Crippen molar-refractivity contribution in [2.45, 2.75) is 23.2 Å². The number of benzene rings is 2. The molecule has 7 nitrogen and oxygen atoms in total. The number of urea groups is 1. The molecule has 30 heavy (non-hydrogen) atoms. The monoisotopic (exact) mass is 461 g/mol. The van der Waals surface area contributed by atoms with Crippen LogP contribution in [0.5, 0.6) is 0 Å². The second-order valence-electron chi connectivity index (χ2n) is 6.43. The van der Waals surface area contributed by atoms with Gasteiger partial charge in [0.15, 0.2) is 0 Å². The lowest BCUT2D eigenvalue weighted by atomic mass is 10.1. The highest BCUT2D eigenvalue weighted by Crippen LogP contribution is 2.35. The second-order valence-corrected chi connectivity index (χ2v) is 8.55. The van der Waals surface area contributed by atoms with Crippen LogP contribution in [0.3, 0.4) is 0 Å². The number of hydrogen-bond donors (Lipinski definition) is 2. The molecule has 0 spiro atoms. The zero-order chi connectivity index (χ0) is 22.2. The maximum atomic E-state index is 13.9. The van der Waals surface area contributed by atoms with Gasteiger partial charge in [-0.25, -0.2) is 13.2 Å². The lowest BCUT2D eigenvalue weighted by Gasteiger charge is -2.29. The van der Waals surface area contributed by atoms with Crippen molar-refractivity contribution in [3.05, 3.63) is 65.2 Å². The van der Waals surface area contributed by atoms with Gasteiger partial charge in [0.1, 0.15) is 0 Å². The van der Waals surface area contributed by atoms with Gasteiger partial charge in [-0.05, 0) is 36.2 Å². The van der Waals surface area contributed by atoms with E-state index in [1.807, 2.05) is 0 Å². The molecule has 1 aliphatic rings. The number of imide groups is 1. The summed E-state index contributed by atoms with van der Waals surface area (Å²) >= 11 is 5.67. The zero-order valence-corrected chi connectivity index (χ0v) is 16.7. The molecule has 1 aliphatic heterocycles. The van der Waals surface area contributed by atoms with Gasteiger partial charge in [0.25, 0.3) is 11.6 Å². The summed E-state index contributed by atoms with van der Waals surface area (Å²) in [5.41, 5.74) is -3.14. The Morgan fingerprint density at radius 3 is 2.20 bits per heavy atom. The standard InChI is InChI=1S/C18H15ClF3N3O4S/c19-13-6-8-14(9-7-13)30(28,29)24-17(18(20,21)22)15(26)25(16(27)23-17)11-10-12-4-2-1-3-5-12/h1-9,24H,10-11H2,(H,23,27)/t17-/m1/s1. The molecule has 3 rings (SSSR count). The van der Waals surface area contributed by atoms with E-state index in [0.29, 0.717) is 10.5 Å². The molecule has 1 atom stereocenters. The zero-order valence-electron chi connectivity index (χ0n) is 15.1. The average molecular weight is 462 g/mol. The Morgan fingerprint density at radius 1 is 1.03 bits per heavy atom. The number of hydrogen-bond acceptors (Lipinski definition) is 4. The smallest absolute Gasteiger partial charge is 0.303 e. The summed E-state index contributed by atoms with van der Waals surface area (Å²) in [6, 6.07) is 11.4. The molecule has 12 heteroatoms. The fourth-order valence-corrected chi connectivity index (χ4v) is 4.25. The topological polar surface area (TPSA) is 95.6 Å².